The van der Waals surface area contributed by atoms with Crippen LogP contribution in [0.15, 0.2) is 12.1 Å². The van der Waals surface area contributed by atoms with Gasteiger partial charge in [0.25, 0.3) is 0 Å². The Labute approximate surface area is 163 Å². The molecule has 1 aliphatic heterocycles. The number of carboxylic acid groups (broad SMARTS) is 1. The number of methoxy groups -OCH3 is 3. The average Bonchev–Trinajstić information content (AvgIpc) is 3.09. The van der Waals surface area contributed by atoms with Gasteiger partial charge in [0.05, 0.1) is 32.5 Å². The van der Waals surface area contributed by atoms with E-state index < -0.39 is 11.5 Å². The molecule has 1 aliphatic rings. The molecule has 0 bridgehead atoms. The van der Waals surface area contributed by atoms with Crippen LogP contribution in [0.3, 0.4) is 0 Å². The molecule has 8 nitrogen and oxygen atoms in total. The van der Waals surface area contributed by atoms with Crippen LogP contribution in [0.25, 0.3) is 10.9 Å². The SMILES string of the molecule is COC(=O)C1(CCCCC(=O)O)NCCc2c1[nH]c1c(OC)c(OC)ccc21. The summed E-state index contributed by atoms with van der Waals surface area (Å²) in [6, 6.07) is 3.81. The molecule has 1 aromatic heterocycles. The van der Waals surface area contributed by atoms with Crippen LogP contribution >= 0.6 is 0 Å². The molecule has 3 N–H and O–H groups in total. The first-order valence-electron chi connectivity index (χ1n) is 9.29. The summed E-state index contributed by atoms with van der Waals surface area (Å²) in [7, 11) is 4.52. The number of carbonyl (C=O) groups excluding carboxylic acids is 1. The fourth-order valence-electron chi connectivity index (χ4n) is 4.08. The van der Waals surface area contributed by atoms with Crippen LogP contribution in [0.5, 0.6) is 11.5 Å². The van der Waals surface area contributed by atoms with Crippen LogP contribution < -0.4 is 14.8 Å². The molecule has 0 amide bonds. The monoisotopic (exact) mass is 390 g/mol. The number of carboxylic acids is 1. The largest absolute Gasteiger partial charge is 0.493 e. The Balaban J connectivity index is 2.09. The lowest BCUT2D eigenvalue weighted by Gasteiger charge is -2.36. The zero-order valence-corrected chi connectivity index (χ0v) is 16.4. The predicted molar refractivity (Wildman–Crippen MR) is 103 cm³/mol. The van der Waals surface area contributed by atoms with Gasteiger partial charge in [-0.3, -0.25) is 10.1 Å². The first-order chi connectivity index (χ1) is 13.5. The van der Waals surface area contributed by atoms with E-state index in [9.17, 15) is 9.59 Å². The van der Waals surface area contributed by atoms with Crippen molar-refractivity contribution in [2.75, 3.05) is 27.9 Å². The highest BCUT2D eigenvalue weighted by Crippen LogP contribution is 2.43. The van der Waals surface area contributed by atoms with Gasteiger partial charge in [-0.25, -0.2) is 4.79 Å². The van der Waals surface area contributed by atoms with Crippen molar-refractivity contribution in [1.82, 2.24) is 10.3 Å². The van der Waals surface area contributed by atoms with Crippen molar-refractivity contribution in [1.29, 1.82) is 0 Å². The Hall–Kier alpha value is -2.74. The number of nitrogens with one attached hydrogen (secondary N) is 2. The fraction of sp³-hybridized carbons (Fsp3) is 0.500. The van der Waals surface area contributed by atoms with E-state index in [1.807, 2.05) is 12.1 Å². The van der Waals surface area contributed by atoms with E-state index in [4.69, 9.17) is 19.3 Å². The summed E-state index contributed by atoms with van der Waals surface area (Å²) in [6.45, 7) is 0.613. The Kier molecular flexibility index (Phi) is 5.79. The fourth-order valence-corrected chi connectivity index (χ4v) is 4.08. The highest BCUT2D eigenvalue weighted by molar-refractivity contribution is 5.95. The highest BCUT2D eigenvalue weighted by Gasteiger charge is 2.46. The van der Waals surface area contributed by atoms with E-state index >= 15 is 0 Å². The van der Waals surface area contributed by atoms with Gasteiger partial charge in [0.2, 0.25) is 0 Å². The summed E-state index contributed by atoms with van der Waals surface area (Å²) in [5, 5.41) is 13.2. The number of rotatable bonds is 8. The van der Waals surface area contributed by atoms with Crippen LogP contribution in [0.2, 0.25) is 0 Å². The minimum atomic E-state index is -1.04. The topological polar surface area (TPSA) is 110 Å². The number of fused-ring (bicyclic) bond motifs is 3. The summed E-state index contributed by atoms with van der Waals surface area (Å²) < 4.78 is 16.1. The smallest absolute Gasteiger partial charge is 0.332 e. The number of aromatic amines is 1. The van der Waals surface area contributed by atoms with Gasteiger partial charge in [0.1, 0.15) is 0 Å². The molecule has 1 atom stereocenters. The quantitative estimate of drug-likeness (QED) is 0.469. The van der Waals surface area contributed by atoms with Crippen molar-refractivity contribution >= 4 is 22.8 Å². The Bertz CT molecular complexity index is 890. The molecule has 28 heavy (non-hydrogen) atoms. The van der Waals surface area contributed by atoms with Gasteiger partial charge in [-0.05, 0) is 37.0 Å². The van der Waals surface area contributed by atoms with E-state index in [0.717, 1.165) is 28.6 Å². The number of ether oxygens (including phenoxy) is 3. The second-order valence-corrected chi connectivity index (χ2v) is 6.88. The zero-order valence-electron chi connectivity index (χ0n) is 16.4. The molecule has 2 aromatic rings. The van der Waals surface area contributed by atoms with Crippen LogP contribution in [-0.2, 0) is 26.3 Å². The third kappa shape index (κ3) is 3.28. The molecule has 0 fully saturated rings. The molecule has 0 radical (unpaired) electrons. The molecule has 0 saturated carbocycles. The minimum absolute atomic E-state index is 0.0713. The minimum Gasteiger partial charge on any atom is -0.493 e. The van der Waals surface area contributed by atoms with E-state index in [1.165, 1.54) is 7.11 Å². The van der Waals surface area contributed by atoms with E-state index in [0.29, 0.717) is 37.3 Å². The predicted octanol–water partition coefficient (Wildman–Crippen LogP) is 2.34. The van der Waals surface area contributed by atoms with Gasteiger partial charge in [-0.1, -0.05) is 6.42 Å². The number of H-pyrrole nitrogens is 1. The van der Waals surface area contributed by atoms with Crippen molar-refractivity contribution in [3.05, 3.63) is 23.4 Å². The van der Waals surface area contributed by atoms with Crippen molar-refractivity contribution in [2.24, 2.45) is 0 Å². The Morgan fingerprint density at radius 1 is 1.18 bits per heavy atom. The van der Waals surface area contributed by atoms with Gasteiger partial charge in [0, 0.05) is 18.4 Å². The maximum absolute atomic E-state index is 12.9. The lowest BCUT2D eigenvalue weighted by molar-refractivity contribution is -0.150. The molecule has 2 heterocycles. The van der Waals surface area contributed by atoms with Gasteiger partial charge in [-0.15, -0.1) is 0 Å². The number of carbonyl (C=O) groups is 2. The standard InChI is InChI=1S/C20H26N2O6/c1-26-14-8-7-12-13-9-11-21-20(19(25)28-3,10-5-4-6-15(23)24)18(13)22-16(12)17(14)27-2/h7-8,21-22H,4-6,9-11H2,1-3H3,(H,23,24). The summed E-state index contributed by atoms with van der Waals surface area (Å²) in [5.74, 6) is -0.0427. The first kappa shape index (κ1) is 20.0. The zero-order chi connectivity index (χ0) is 20.3. The molecule has 152 valence electrons. The average molecular weight is 390 g/mol. The molecule has 0 aliphatic carbocycles. The number of unbranched alkanes of at least 4 members (excludes halogenated alkanes) is 1. The summed E-state index contributed by atoms with van der Waals surface area (Å²) in [5.41, 5.74) is 1.52. The molecule has 3 rings (SSSR count). The van der Waals surface area contributed by atoms with Crippen molar-refractivity contribution in [3.63, 3.8) is 0 Å². The van der Waals surface area contributed by atoms with E-state index in [-0.39, 0.29) is 12.4 Å². The van der Waals surface area contributed by atoms with Crippen molar-refractivity contribution in [3.8, 4) is 11.5 Å². The van der Waals surface area contributed by atoms with Gasteiger partial charge in [-0.2, -0.15) is 0 Å². The van der Waals surface area contributed by atoms with Crippen molar-refractivity contribution < 1.29 is 28.9 Å². The second-order valence-electron chi connectivity index (χ2n) is 6.88. The number of aliphatic carboxylic acids is 1. The summed E-state index contributed by atoms with van der Waals surface area (Å²) in [4.78, 5) is 27.1. The van der Waals surface area contributed by atoms with Gasteiger partial charge >= 0.3 is 11.9 Å². The lowest BCUT2D eigenvalue weighted by Crippen LogP contribution is -2.53. The van der Waals surface area contributed by atoms with Crippen LogP contribution in [0.1, 0.15) is 36.9 Å². The lowest BCUT2D eigenvalue weighted by atomic mass is 9.82. The molecule has 1 unspecified atom stereocenters. The molecular weight excluding hydrogens is 364 g/mol. The normalized spacial score (nSPS) is 18.5. The third-order valence-electron chi connectivity index (χ3n) is 5.38. The van der Waals surface area contributed by atoms with Gasteiger partial charge in [0.15, 0.2) is 17.0 Å². The van der Waals surface area contributed by atoms with E-state index in [1.54, 1.807) is 14.2 Å². The molecule has 0 saturated heterocycles. The van der Waals surface area contributed by atoms with E-state index in [2.05, 4.69) is 10.3 Å². The second kappa shape index (κ2) is 8.10. The number of hydrogen-bond donors (Lipinski definition) is 3. The van der Waals surface area contributed by atoms with Crippen LogP contribution in [-0.4, -0.2) is 49.9 Å². The number of benzene rings is 1. The summed E-state index contributed by atoms with van der Waals surface area (Å²) in [6.07, 6.45) is 2.32. The molecule has 1 aromatic carbocycles. The molecular formula is C20H26N2O6. The van der Waals surface area contributed by atoms with Crippen LogP contribution in [0, 0.1) is 0 Å². The number of aromatic nitrogens is 1. The van der Waals surface area contributed by atoms with Crippen LogP contribution in [0.4, 0.5) is 0 Å². The Morgan fingerprint density at radius 3 is 2.61 bits per heavy atom. The third-order valence-corrected chi connectivity index (χ3v) is 5.38. The maximum Gasteiger partial charge on any atom is 0.332 e. The first-order valence-corrected chi connectivity index (χ1v) is 9.29. The molecule has 8 heteroatoms. The number of esters is 1. The molecule has 0 spiro atoms. The van der Waals surface area contributed by atoms with Gasteiger partial charge < -0.3 is 24.3 Å². The van der Waals surface area contributed by atoms with Crippen molar-refractivity contribution in [2.45, 2.75) is 37.6 Å². The number of hydrogen-bond acceptors (Lipinski definition) is 6. The maximum atomic E-state index is 12.9. The Morgan fingerprint density at radius 2 is 1.96 bits per heavy atom. The summed E-state index contributed by atoms with van der Waals surface area (Å²) >= 11 is 0. The highest BCUT2D eigenvalue weighted by atomic mass is 16.5.